The molecular formula is C32H15Cl3CrN5Na2O9S. The maximum Gasteiger partial charge on any atom is 3.00 e. The number of non-ortho nitro benzene ring substituents is 1. The van der Waals surface area contributed by atoms with Crippen molar-refractivity contribution in [3.05, 3.63) is 116 Å². The Morgan fingerprint density at radius 1 is 0.585 bits per heavy atom. The minimum Gasteiger partial charge on any atom is -0.871 e. The zero-order valence-electron chi connectivity index (χ0n) is 27.0. The van der Waals surface area contributed by atoms with Gasteiger partial charge in [-0.25, -0.2) is 8.42 Å². The van der Waals surface area contributed by atoms with Crippen molar-refractivity contribution in [2.45, 2.75) is 4.90 Å². The van der Waals surface area contributed by atoms with Gasteiger partial charge in [-0.15, -0.1) is 0 Å². The first-order chi connectivity index (χ1) is 23.6. The van der Waals surface area contributed by atoms with Crippen LogP contribution in [0.1, 0.15) is 0 Å². The fourth-order valence-electron chi connectivity index (χ4n) is 4.47. The van der Waals surface area contributed by atoms with E-state index in [-0.39, 0.29) is 120 Å². The number of nitro groups is 1. The molecular weight excluding hydrogens is 835 g/mol. The van der Waals surface area contributed by atoms with Gasteiger partial charge in [-0.3, -0.25) is 10.1 Å². The molecule has 6 rings (SSSR count). The maximum absolute atomic E-state index is 12.5. The van der Waals surface area contributed by atoms with E-state index in [1.54, 1.807) is 18.2 Å². The van der Waals surface area contributed by atoms with Crippen LogP contribution in [0.4, 0.5) is 28.4 Å². The Hall–Kier alpha value is -3.05. The number of nitrogens with zero attached hydrogens (tertiary/aromatic N) is 5. The van der Waals surface area contributed by atoms with Crippen molar-refractivity contribution in [1.29, 1.82) is 0 Å². The Bertz CT molecular complexity index is 2520. The Balaban J connectivity index is 0.000000351. The molecule has 0 aliphatic heterocycles. The van der Waals surface area contributed by atoms with Gasteiger partial charge in [0, 0.05) is 32.6 Å². The monoisotopic (exact) mass is 848 g/mol. The molecule has 0 bridgehead atoms. The molecule has 0 aliphatic carbocycles. The van der Waals surface area contributed by atoms with Crippen LogP contribution in [0.3, 0.4) is 0 Å². The number of benzene rings is 6. The molecule has 257 valence electrons. The number of nitro benzene ring substituents is 1. The van der Waals surface area contributed by atoms with Crippen molar-refractivity contribution in [2.75, 3.05) is 0 Å². The average molecular weight is 850 g/mol. The van der Waals surface area contributed by atoms with E-state index in [0.717, 1.165) is 24.3 Å². The Kier molecular flexibility index (Phi) is 17.0. The summed E-state index contributed by atoms with van der Waals surface area (Å²) in [5, 5.41) is 75.6. The summed E-state index contributed by atoms with van der Waals surface area (Å²) in [4.78, 5) is 9.23. The van der Waals surface area contributed by atoms with Crippen LogP contribution in [0.25, 0.3) is 21.5 Å². The quantitative estimate of drug-likeness (QED) is 0.0776. The Morgan fingerprint density at radius 2 is 1.17 bits per heavy atom. The minimum absolute atomic E-state index is 0. The van der Waals surface area contributed by atoms with E-state index >= 15 is 0 Å². The predicted octanol–water partition coefficient (Wildman–Crippen LogP) is 1.58. The van der Waals surface area contributed by atoms with Crippen molar-refractivity contribution < 1.29 is 115 Å². The second kappa shape index (κ2) is 19.5. The number of hydrogen-bond acceptors (Lipinski definition) is 13. The molecule has 0 aromatic heterocycles. The molecule has 0 aliphatic rings. The molecule has 0 spiro atoms. The third kappa shape index (κ3) is 10.8. The average Bonchev–Trinajstić information content (AvgIpc) is 3.07. The van der Waals surface area contributed by atoms with Gasteiger partial charge >= 0.3 is 76.5 Å². The molecule has 0 atom stereocenters. The van der Waals surface area contributed by atoms with E-state index in [9.17, 15) is 43.5 Å². The fraction of sp³-hybridized carbons (Fsp3) is 0. The molecule has 1 radical (unpaired) electrons. The third-order valence-corrected chi connectivity index (χ3v) is 8.58. The SMILES string of the molecule is O=[N+]([O-])c1ccc(N=Nc2cc(S(=O)(=O)[O-])c3ccccc3c2[O-])c([O-])c1.[Cr+3].[Na+].[Na+].[O-]c1ccc(Cl)cc1N=Nc1ccc2c(Cl)ccc(Cl)c2c1[O-]. The van der Waals surface area contributed by atoms with E-state index in [0.29, 0.717) is 15.4 Å². The van der Waals surface area contributed by atoms with Crippen LogP contribution < -0.4 is 79.5 Å². The molecule has 0 unspecified atom stereocenters. The zero-order chi connectivity index (χ0) is 36.3. The van der Waals surface area contributed by atoms with Crippen molar-refractivity contribution in [3.8, 4) is 23.0 Å². The predicted molar refractivity (Wildman–Crippen MR) is 177 cm³/mol. The van der Waals surface area contributed by atoms with E-state index in [2.05, 4.69) is 20.5 Å². The molecule has 0 saturated carbocycles. The largest absolute Gasteiger partial charge is 3.00 e. The van der Waals surface area contributed by atoms with Gasteiger partial charge in [0.2, 0.25) is 0 Å². The van der Waals surface area contributed by atoms with Crippen LogP contribution in [0, 0.1) is 10.1 Å². The summed E-state index contributed by atoms with van der Waals surface area (Å²) in [5.41, 5.74) is -1.08. The second-order valence-electron chi connectivity index (χ2n) is 10.0. The summed E-state index contributed by atoms with van der Waals surface area (Å²) < 4.78 is 34.5. The summed E-state index contributed by atoms with van der Waals surface area (Å²) in [5.74, 6) is -2.24. The van der Waals surface area contributed by atoms with Crippen LogP contribution in [-0.4, -0.2) is 17.9 Å². The van der Waals surface area contributed by atoms with Crippen LogP contribution in [-0.2, 0) is 27.5 Å². The van der Waals surface area contributed by atoms with Gasteiger partial charge in [0.05, 0.1) is 32.6 Å². The minimum atomic E-state index is -4.90. The van der Waals surface area contributed by atoms with Gasteiger partial charge in [0.1, 0.15) is 10.1 Å². The molecule has 0 N–H and O–H groups in total. The number of azo groups is 2. The number of fused-ring (bicyclic) bond motifs is 2. The van der Waals surface area contributed by atoms with Gasteiger partial charge in [0.15, 0.2) is 0 Å². The van der Waals surface area contributed by atoms with Gasteiger partial charge < -0.3 is 25.0 Å². The topological polar surface area (TPSA) is 242 Å². The summed E-state index contributed by atoms with van der Waals surface area (Å²) >= 11 is 17.9. The van der Waals surface area contributed by atoms with Crippen molar-refractivity contribution in [3.63, 3.8) is 0 Å². The number of rotatable bonds is 6. The van der Waals surface area contributed by atoms with Gasteiger partial charge in [-0.2, -0.15) is 20.5 Å². The molecule has 0 heterocycles. The smallest absolute Gasteiger partial charge is 0.871 e. The molecule has 0 saturated heterocycles. The molecule has 0 amide bonds. The van der Waals surface area contributed by atoms with Crippen LogP contribution in [0.2, 0.25) is 15.1 Å². The van der Waals surface area contributed by atoms with Crippen LogP contribution >= 0.6 is 34.8 Å². The van der Waals surface area contributed by atoms with Gasteiger partial charge in [0.25, 0.3) is 5.69 Å². The Morgan fingerprint density at radius 3 is 1.81 bits per heavy atom. The van der Waals surface area contributed by atoms with Gasteiger partial charge in [-0.05, 0) is 58.6 Å². The molecule has 6 aromatic carbocycles. The first kappa shape index (κ1) is 46.1. The van der Waals surface area contributed by atoms with E-state index in [1.807, 2.05) is 0 Å². The number of hydrogen-bond donors (Lipinski definition) is 0. The first-order valence-electron chi connectivity index (χ1n) is 13.7. The molecule has 6 aromatic rings. The van der Waals surface area contributed by atoms with E-state index in [4.69, 9.17) is 34.8 Å². The summed E-state index contributed by atoms with van der Waals surface area (Å²) in [6.07, 6.45) is 0. The standard InChI is InChI=1S/C16H9Cl3N2O2.C16H11N3O7S.Cr.2Na/c17-8-1-6-14(22)13(7-8)21-20-12-5-2-9-10(18)3-4-11(19)15(9)16(12)23;20-14-7-9(19(22)23)5-6-12(14)17-18-13-8-15(27(24,25)26)10-3-1-2-4-11(10)16(13)21;;;/h1-7,22-23H;1-8,20-21H,(H,24,25,26);;;/q;;+3;2*+1/p-5. The van der Waals surface area contributed by atoms with Crippen molar-refractivity contribution in [2.24, 2.45) is 20.5 Å². The third-order valence-electron chi connectivity index (χ3n) is 6.82. The van der Waals surface area contributed by atoms with Crippen molar-refractivity contribution >= 4 is 94.9 Å². The Labute approximate surface area is 370 Å². The molecule has 21 heteroatoms. The molecule has 53 heavy (non-hydrogen) atoms. The summed E-state index contributed by atoms with van der Waals surface area (Å²) in [7, 11) is -4.90. The summed E-state index contributed by atoms with van der Waals surface area (Å²) in [6.45, 7) is 0. The van der Waals surface area contributed by atoms with E-state index in [1.165, 1.54) is 48.5 Å². The van der Waals surface area contributed by atoms with Crippen molar-refractivity contribution in [1.82, 2.24) is 0 Å². The summed E-state index contributed by atoms with van der Waals surface area (Å²) in [6, 6.07) is 19.6. The molecule has 0 fully saturated rings. The van der Waals surface area contributed by atoms with E-state index < -0.39 is 48.6 Å². The first-order valence-corrected chi connectivity index (χ1v) is 16.2. The fourth-order valence-corrected chi connectivity index (χ4v) is 5.81. The van der Waals surface area contributed by atoms with Gasteiger partial charge in [-0.1, -0.05) is 94.2 Å². The molecule has 14 nitrogen and oxygen atoms in total. The maximum atomic E-state index is 12.5. The van der Waals surface area contributed by atoms with Crippen LogP contribution in [0.15, 0.2) is 116 Å². The van der Waals surface area contributed by atoms with Crippen LogP contribution in [0.5, 0.6) is 23.0 Å². The number of halogens is 3. The normalized spacial score (nSPS) is 11.0. The second-order valence-corrected chi connectivity index (χ2v) is 12.6. The zero-order valence-corrected chi connectivity index (χ0v) is 35.4.